The molecule has 1 aliphatic rings. The quantitative estimate of drug-likeness (QED) is 0.754. The smallest absolute Gasteiger partial charge is 0.319 e. The van der Waals surface area contributed by atoms with E-state index in [4.69, 9.17) is 11.6 Å². The first-order chi connectivity index (χ1) is 10.5. The summed E-state index contributed by atoms with van der Waals surface area (Å²) in [7, 11) is 0. The largest absolute Gasteiger partial charge is 0.328 e. The van der Waals surface area contributed by atoms with E-state index >= 15 is 0 Å². The molecule has 22 heavy (non-hydrogen) atoms. The summed E-state index contributed by atoms with van der Waals surface area (Å²) in [5.74, 6) is 0. The van der Waals surface area contributed by atoms with Gasteiger partial charge in [0.05, 0.1) is 5.54 Å². The maximum atomic E-state index is 12.2. The van der Waals surface area contributed by atoms with Crippen LogP contribution in [0.1, 0.15) is 24.0 Å². The zero-order valence-corrected chi connectivity index (χ0v) is 14.5. The highest BCUT2D eigenvalue weighted by atomic mass is 79.9. The summed E-state index contributed by atoms with van der Waals surface area (Å²) < 4.78 is 0.976. The molecule has 2 aromatic rings. The van der Waals surface area contributed by atoms with Crippen molar-refractivity contribution in [3.05, 3.63) is 63.1 Å². The number of benzene rings is 2. The molecular weight excluding hydrogens is 364 g/mol. The molecule has 3 nitrogen and oxygen atoms in total. The average molecular weight is 380 g/mol. The number of rotatable bonds is 3. The molecule has 5 heteroatoms. The molecule has 0 atom stereocenters. The van der Waals surface area contributed by atoms with E-state index < -0.39 is 0 Å². The van der Waals surface area contributed by atoms with Crippen molar-refractivity contribution < 1.29 is 4.79 Å². The number of hydrogen-bond donors (Lipinski definition) is 2. The van der Waals surface area contributed by atoms with E-state index in [0.29, 0.717) is 5.02 Å². The molecule has 0 spiro atoms. The van der Waals surface area contributed by atoms with Crippen LogP contribution in [0.4, 0.5) is 10.5 Å². The monoisotopic (exact) mass is 378 g/mol. The lowest BCUT2D eigenvalue weighted by molar-refractivity contribution is 0.247. The van der Waals surface area contributed by atoms with E-state index in [-0.39, 0.29) is 11.6 Å². The Kier molecular flexibility index (Phi) is 4.15. The zero-order chi connectivity index (χ0) is 15.7. The first-order valence-electron chi connectivity index (χ1n) is 7.10. The number of halogens is 2. The third-order valence-electron chi connectivity index (χ3n) is 3.93. The van der Waals surface area contributed by atoms with Crippen molar-refractivity contribution in [2.75, 3.05) is 5.32 Å². The summed E-state index contributed by atoms with van der Waals surface area (Å²) in [5, 5.41) is 6.66. The molecule has 0 saturated heterocycles. The van der Waals surface area contributed by atoms with Crippen LogP contribution >= 0.6 is 27.5 Å². The van der Waals surface area contributed by atoms with Crippen LogP contribution in [-0.4, -0.2) is 6.03 Å². The average Bonchev–Trinajstić information content (AvgIpc) is 3.24. The number of carbonyl (C=O) groups is 1. The number of aryl methyl sites for hydroxylation is 1. The van der Waals surface area contributed by atoms with Gasteiger partial charge in [-0.15, -0.1) is 0 Å². The number of nitrogens with one attached hydrogen (secondary N) is 2. The van der Waals surface area contributed by atoms with Crippen molar-refractivity contribution in [3.8, 4) is 0 Å². The lowest BCUT2D eigenvalue weighted by atomic mass is 10.1. The van der Waals surface area contributed by atoms with E-state index in [9.17, 15) is 4.79 Å². The molecule has 0 aromatic heterocycles. The summed E-state index contributed by atoms with van der Waals surface area (Å²) in [6, 6.07) is 13.2. The van der Waals surface area contributed by atoms with E-state index in [1.165, 1.54) is 0 Å². The topological polar surface area (TPSA) is 41.1 Å². The van der Waals surface area contributed by atoms with E-state index in [1.807, 2.05) is 49.4 Å². The van der Waals surface area contributed by atoms with Crippen molar-refractivity contribution in [1.29, 1.82) is 0 Å². The van der Waals surface area contributed by atoms with Crippen LogP contribution in [0.3, 0.4) is 0 Å². The summed E-state index contributed by atoms with van der Waals surface area (Å²) in [4.78, 5) is 12.2. The van der Waals surface area contributed by atoms with E-state index in [0.717, 1.165) is 34.1 Å². The molecule has 0 radical (unpaired) electrons. The molecule has 0 bridgehead atoms. The molecular formula is C17H16BrClN2O. The molecule has 3 rings (SSSR count). The lowest BCUT2D eigenvalue weighted by Gasteiger charge is -2.18. The predicted molar refractivity (Wildman–Crippen MR) is 93.4 cm³/mol. The molecule has 0 heterocycles. The Balaban J connectivity index is 1.68. The van der Waals surface area contributed by atoms with Crippen LogP contribution in [0, 0.1) is 6.92 Å². The van der Waals surface area contributed by atoms with Crippen molar-refractivity contribution in [1.82, 2.24) is 5.32 Å². The maximum Gasteiger partial charge on any atom is 0.319 e. The van der Waals surface area contributed by atoms with Gasteiger partial charge >= 0.3 is 6.03 Å². The Morgan fingerprint density at radius 1 is 1.18 bits per heavy atom. The Bertz CT molecular complexity index is 711. The van der Waals surface area contributed by atoms with Gasteiger partial charge in [0.25, 0.3) is 0 Å². The number of carbonyl (C=O) groups excluding carboxylic acids is 1. The molecule has 2 N–H and O–H groups in total. The van der Waals surface area contributed by atoms with Gasteiger partial charge in [-0.3, -0.25) is 0 Å². The lowest BCUT2D eigenvalue weighted by Crippen LogP contribution is -2.38. The minimum Gasteiger partial charge on any atom is -0.328 e. The SMILES string of the molecule is Cc1ccc(NC(=O)NC2(c3ccc(Cl)cc3)CC2)cc1Br. The Morgan fingerprint density at radius 3 is 2.45 bits per heavy atom. The highest BCUT2D eigenvalue weighted by Crippen LogP contribution is 2.45. The first kappa shape index (κ1) is 15.4. The van der Waals surface area contributed by atoms with Gasteiger partial charge in [0.1, 0.15) is 0 Å². The molecule has 2 amide bonds. The molecule has 2 aromatic carbocycles. The van der Waals surface area contributed by atoms with Crippen molar-refractivity contribution in [2.45, 2.75) is 25.3 Å². The Hall–Kier alpha value is -1.52. The Morgan fingerprint density at radius 2 is 1.86 bits per heavy atom. The van der Waals surface area contributed by atoms with Crippen molar-refractivity contribution >= 4 is 39.2 Å². The predicted octanol–water partition coefficient (Wildman–Crippen LogP) is 5.22. The Labute approximate surface area is 143 Å². The fourth-order valence-electron chi connectivity index (χ4n) is 2.43. The molecule has 1 saturated carbocycles. The molecule has 1 fully saturated rings. The zero-order valence-electron chi connectivity index (χ0n) is 12.1. The van der Waals surface area contributed by atoms with E-state index in [1.54, 1.807) is 0 Å². The van der Waals surface area contributed by atoms with Crippen LogP contribution in [0.5, 0.6) is 0 Å². The molecule has 1 aliphatic carbocycles. The minimum absolute atomic E-state index is 0.191. The van der Waals surface area contributed by atoms with Crippen LogP contribution < -0.4 is 10.6 Å². The first-order valence-corrected chi connectivity index (χ1v) is 8.27. The summed E-state index contributed by atoms with van der Waals surface area (Å²) in [5.41, 5.74) is 2.74. The summed E-state index contributed by atoms with van der Waals surface area (Å²) in [6.07, 6.45) is 1.89. The van der Waals surface area contributed by atoms with Gasteiger partial charge in [-0.25, -0.2) is 4.79 Å². The van der Waals surface area contributed by atoms with Crippen LogP contribution in [0.2, 0.25) is 5.02 Å². The molecule has 0 unspecified atom stereocenters. The van der Waals surface area contributed by atoms with Gasteiger partial charge in [0.15, 0.2) is 0 Å². The standard InChI is InChI=1S/C17H16BrClN2O/c1-11-2-7-14(10-15(11)18)20-16(22)21-17(8-9-17)12-3-5-13(19)6-4-12/h2-7,10H,8-9H2,1H3,(H2,20,21,22). The highest BCUT2D eigenvalue weighted by molar-refractivity contribution is 9.10. The van der Waals surface area contributed by atoms with Gasteiger partial charge in [0.2, 0.25) is 0 Å². The third kappa shape index (κ3) is 3.28. The minimum atomic E-state index is -0.253. The summed E-state index contributed by atoms with van der Waals surface area (Å²) >= 11 is 9.39. The van der Waals surface area contributed by atoms with Crippen LogP contribution in [0.25, 0.3) is 0 Å². The van der Waals surface area contributed by atoms with Crippen molar-refractivity contribution in [3.63, 3.8) is 0 Å². The second kappa shape index (κ2) is 5.94. The normalized spacial score (nSPS) is 15.2. The third-order valence-corrected chi connectivity index (χ3v) is 5.04. The van der Waals surface area contributed by atoms with E-state index in [2.05, 4.69) is 26.6 Å². The van der Waals surface area contributed by atoms with Gasteiger partial charge in [-0.2, -0.15) is 0 Å². The van der Waals surface area contributed by atoms with Gasteiger partial charge < -0.3 is 10.6 Å². The van der Waals surface area contributed by atoms with Crippen LogP contribution in [0.15, 0.2) is 46.9 Å². The van der Waals surface area contributed by atoms with Gasteiger partial charge in [0, 0.05) is 15.2 Å². The highest BCUT2D eigenvalue weighted by Gasteiger charge is 2.45. The van der Waals surface area contributed by atoms with Crippen molar-refractivity contribution in [2.24, 2.45) is 0 Å². The molecule has 114 valence electrons. The van der Waals surface area contributed by atoms with Gasteiger partial charge in [-0.05, 0) is 55.2 Å². The number of hydrogen-bond acceptors (Lipinski definition) is 1. The maximum absolute atomic E-state index is 12.2. The second-order valence-electron chi connectivity index (χ2n) is 5.63. The number of urea groups is 1. The van der Waals surface area contributed by atoms with Gasteiger partial charge in [-0.1, -0.05) is 45.7 Å². The second-order valence-corrected chi connectivity index (χ2v) is 6.92. The summed E-state index contributed by atoms with van der Waals surface area (Å²) in [6.45, 7) is 2.01. The fourth-order valence-corrected chi connectivity index (χ4v) is 2.93. The number of anilines is 1. The van der Waals surface area contributed by atoms with Crippen LogP contribution in [-0.2, 0) is 5.54 Å². The molecule has 0 aliphatic heterocycles. The fraction of sp³-hybridized carbons (Fsp3) is 0.235. The number of amides is 2.